The van der Waals surface area contributed by atoms with Crippen LogP contribution in [0.2, 0.25) is 0 Å². The summed E-state index contributed by atoms with van der Waals surface area (Å²) >= 11 is 0. The van der Waals surface area contributed by atoms with Crippen molar-refractivity contribution in [2.75, 3.05) is 52.9 Å². The lowest BCUT2D eigenvalue weighted by Gasteiger charge is -2.07. The van der Waals surface area contributed by atoms with Crippen LogP contribution in [0.15, 0.2) is 30.3 Å². The highest BCUT2D eigenvalue weighted by Gasteiger charge is 2.03. The largest absolute Gasteiger partial charge is 0.459 e. The third-order valence-corrected chi connectivity index (χ3v) is 2.76. The van der Waals surface area contributed by atoms with E-state index < -0.39 is 5.97 Å². The molecule has 0 fully saturated rings. The third kappa shape index (κ3) is 11.7. The van der Waals surface area contributed by atoms with Gasteiger partial charge >= 0.3 is 5.97 Å². The van der Waals surface area contributed by atoms with Gasteiger partial charge in [-0.2, -0.15) is 0 Å². The van der Waals surface area contributed by atoms with Gasteiger partial charge in [0.1, 0.15) is 26.1 Å². The number of hydrogen-bond acceptors (Lipinski definition) is 7. The number of hydrogen-bond donors (Lipinski definition) is 0. The first-order valence-electron chi connectivity index (χ1n) is 7.77. The van der Waals surface area contributed by atoms with Gasteiger partial charge in [0.25, 0.3) is 0 Å². The molecular formula is C17H24O7. The highest BCUT2D eigenvalue weighted by Crippen LogP contribution is 2.00. The number of esters is 1. The lowest BCUT2D eigenvalue weighted by molar-refractivity contribution is -0.150. The predicted molar refractivity (Wildman–Crippen MR) is 85.6 cm³/mol. The van der Waals surface area contributed by atoms with Crippen molar-refractivity contribution in [3.8, 4) is 0 Å². The van der Waals surface area contributed by atoms with Gasteiger partial charge in [-0.1, -0.05) is 30.3 Å². The van der Waals surface area contributed by atoms with Crippen molar-refractivity contribution in [2.45, 2.75) is 6.61 Å². The molecule has 24 heavy (non-hydrogen) atoms. The van der Waals surface area contributed by atoms with Crippen molar-refractivity contribution in [3.63, 3.8) is 0 Å². The molecule has 0 amide bonds. The zero-order valence-corrected chi connectivity index (χ0v) is 13.7. The van der Waals surface area contributed by atoms with E-state index in [-0.39, 0.29) is 19.8 Å². The molecule has 0 spiro atoms. The molecular weight excluding hydrogens is 316 g/mol. The highest BCUT2D eigenvalue weighted by molar-refractivity contribution is 5.70. The van der Waals surface area contributed by atoms with Crippen molar-refractivity contribution in [1.82, 2.24) is 0 Å². The summed E-state index contributed by atoms with van der Waals surface area (Å²) < 4.78 is 25.6. The van der Waals surface area contributed by atoms with Crippen LogP contribution in [0.5, 0.6) is 0 Å². The standard InChI is InChI=1S/C17H24O7/c18-6-7-20-8-9-21-10-11-22-12-13-23-15-17(19)24-14-16-4-2-1-3-5-16/h1-6H,7-15H2. The van der Waals surface area contributed by atoms with Crippen LogP contribution in [0.3, 0.4) is 0 Å². The molecule has 0 aromatic heterocycles. The number of rotatable bonds is 15. The smallest absolute Gasteiger partial charge is 0.332 e. The van der Waals surface area contributed by atoms with E-state index in [0.717, 1.165) is 5.56 Å². The van der Waals surface area contributed by atoms with Crippen LogP contribution in [0.1, 0.15) is 5.56 Å². The first-order valence-corrected chi connectivity index (χ1v) is 7.77. The minimum absolute atomic E-state index is 0.0883. The average Bonchev–Trinajstić information content (AvgIpc) is 2.62. The molecule has 0 radical (unpaired) electrons. The molecule has 0 atom stereocenters. The molecule has 0 aliphatic carbocycles. The van der Waals surface area contributed by atoms with Gasteiger partial charge < -0.3 is 28.5 Å². The van der Waals surface area contributed by atoms with Gasteiger partial charge in [0.05, 0.1) is 39.6 Å². The zero-order valence-electron chi connectivity index (χ0n) is 13.7. The van der Waals surface area contributed by atoms with E-state index in [0.29, 0.717) is 45.9 Å². The molecule has 0 heterocycles. The van der Waals surface area contributed by atoms with Crippen molar-refractivity contribution < 1.29 is 33.3 Å². The summed E-state index contributed by atoms with van der Waals surface area (Å²) in [5.74, 6) is -0.405. The van der Waals surface area contributed by atoms with Crippen LogP contribution in [-0.2, 0) is 39.9 Å². The molecule has 1 aromatic carbocycles. The highest BCUT2D eigenvalue weighted by atomic mass is 16.6. The van der Waals surface area contributed by atoms with Crippen molar-refractivity contribution in [3.05, 3.63) is 35.9 Å². The summed E-state index contributed by atoms with van der Waals surface area (Å²) in [5.41, 5.74) is 0.936. The first-order chi connectivity index (χ1) is 11.8. The Labute approximate surface area is 141 Å². The molecule has 7 nitrogen and oxygen atoms in total. The van der Waals surface area contributed by atoms with E-state index in [1.165, 1.54) is 0 Å². The maximum Gasteiger partial charge on any atom is 0.332 e. The van der Waals surface area contributed by atoms with E-state index >= 15 is 0 Å². The molecule has 0 bridgehead atoms. The quantitative estimate of drug-likeness (QED) is 0.268. The normalized spacial score (nSPS) is 10.5. The maximum atomic E-state index is 11.5. The summed E-state index contributed by atoms with van der Waals surface area (Å²) in [6.07, 6.45) is 0.695. The van der Waals surface area contributed by atoms with Crippen molar-refractivity contribution in [1.29, 1.82) is 0 Å². The Hall–Kier alpha value is -1.80. The Morgan fingerprint density at radius 1 is 0.833 bits per heavy atom. The predicted octanol–water partition coefficient (Wildman–Crippen LogP) is 0.995. The number of carbonyl (C=O) groups excluding carboxylic acids is 2. The van der Waals surface area contributed by atoms with Gasteiger partial charge in [-0.25, -0.2) is 4.79 Å². The van der Waals surface area contributed by atoms with E-state index in [2.05, 4.69) is 0 Å². The van der Waals surface area contributed by atoms with Crippen LogP contribution < -0.4 is 0 Å². The maximum absolute atomic E-state index is 11.5. The summed E-state index contributed by atoms with van der Waals surface area (Å²) in [7, 11) is 0. The number of ether oxygens (including phenoxy) is 5. The zero-order chi connectivity index (χ0) is 17.3. The molecule has 0 saturated carbocycles. The van der Waals surface area contributed by atoms with Crippen LogP contribution in [0, 0.1) is 0 Å². The average molecular weight is 340 g/mol. The molecule has 0 aliphatic rings. The number of aldehydes is 1. The van der Waals surface area contributed by atoms with Crippen LogP contribution in [-0.4, -0.2) is 65.1 Å². The minimum atomic E-state index is -0.405. The third-order valence-electron chi connectivity index (χ3n) is 2.76. The fourth-order valence-corrected chi connectivity index (χ4v) is 1.62. The molecule has 0 saturated heterocycles. The Balaban J connectivity index is 1.83. The number of carbonyl (C=O) groups is 2. The lowest BCUT2D eigenvalue weighted by atomic mass is 10.2. The summed E-state index contributed by atoms with van der Waals surface area (Å²) in [4.78, 5) is 21.4. The first kappa shape index (κ1) is 20.2. The van der Waals surface area contributed by atoms with Crippen molar-refractivity contribution >= 4 is 12.3 Å². The van der Waals surface area contributed by atoms with Gasteiger partial charge in [-0.3, -0.25) is 0 Å². The van der Waals surface area contributed by atoms with Gasteiger partial charge in [0, 0.05) is 0 Å². The number of benzene rings is 1. The molecule has 1 aromatic rings. The fraction of sp³-hybridized carbons (Fsp3) is 0.529. The van der Waals surface area contributed by atoms with E-state index in [1.54, 1.807) is 0 Å². The molecule has 0 unspecified atom stereocenters. The Kier molecular flexibility index (Phi) is 12.5. The molecule has 1 rings (SSSR count). The van der Waals surface area contributed by atoms with Crippen LogP contribution in [0.4, 0.5) is 0 Å². The van der Waals surface area contributed by atoms with Gasteiger partial charge in [-0.05, 0) is 5.56 Å². The monoisotopic (exact) mass is 340 g/mol. The lowest BCUT2D eigenvalue weighted by Crippen LogP contribution is -2.16. The summed E-state index contributed by atoms with van der Waals surface area (Å²) in [6.45, 7) is 2.58. The van der Waals surface area contributed by atoms with Gasteiger partial charge in [-0.15, -0.1) is 0 Å². The van der Waals surface area contributed by atoms with Gasteiger partial charge in [0.15, 0.2) is 0 Å². The van der Waals surface area contributed by atoms with Crippen LogP contribution in [0.25, 0.3) is 0 Å². The van der Waals surface area contributed by atoms with Crippen LogP contribution >= 0.6 is 0 Å². The topological polar surface area (TPSA) is 80.3 Å². The Morgan fingerprint density at radius 3 is 2.04 bits per heavy atom. The van der Waals surface area contributed by atoms with Crippen molar-refractivity contribution in [2.24, 2.45) is 0 Å². The second-order valence-corrected chi connectivity index (χ2v) is 4.67. The minimum Gasteiger partial charge on any atom is -0.459 e. The van der Waals surface area contributed by atoms with Gasteiger partial charge in [0.2, 0.25) is 0 Å². The summed E-state index contributed by atoms with van der Waals surface area (Å²) in [6, 6.07) is 9.45. The fourth-order valence-electron chi connectivity index (χ4n) is 1.62. The summed E-state index contributed by atoms with van der Waals surface area (Å²) in [5, 5.41) is 0. The molecule has 134 valence electrons. The van der Waals surface area contributed by atoms with E-state index in [4.69, 9.17) is 23.7 Å². The second kappa shape index (κ2) is 14.8. The SMILES string of the molecule is O=CCOCCOCCOCCOCC(=O)OCc1ccccc1. The molecule has 7 heteroatoms. The van der Waals surface area contributed by atoms with E-state index in [1.807, 2.05) is 30.3 Å². The molecule has 0 aliphatic heterocycles. The Bertz CT molecular complexity index is 436. The second-order valence-electron chi connectivity index (χ2n) is 4.67. The molecule has 0 N–H and O–H groups in total. The Morgan fingerprint density at radius 2 is 1.42 bits per heavy atom. The van der Waals surface area contributed by atoms with E-state index in [9.17, 15) is 9.59 Å².